The molecular weight excluding hydrogens is 452 g/mol. The first-order chi connectivity index (χ1) is 13.8. The van der Waals surface area contributed by atoms with Crippen LogP contribution in [-0.2, 0) is 12.6 Å². The summed E-state index contributed by atoms with van der Waals surface area (Å²) in [6.45, 7) is 3.81. The van der Waals surface area contributed by atoms with E-state index < -0.39 is 11.7 Å². The van der Waals surface area contributed by atoms with E-state index in [2.05, 4.69) is 32.4 Å². The molecule has 11 heteroatoms. The van der Waals surface area contributed by atoms with Gasteiger partial charge in [-0.2, -0.15) is 18.2 Å². The molecule has 4 N–H and O–H groups in total. The maximum absolute atomic E-state index is 13.2. The number of nitrogen functional groups attached to an aromatic ring is 1. The molecule has 31 heavy (non-hydrogen) atoms. The summed E-state index contributed by atoms with van der Waals surface area (Å²) < 4.78 is 39.5. The van der Waals surface area contributed by atoms with E-state index in [0.717, 1.165) is 56.4 Å². The van der Waals surface area contributed by atoms with Crippen LogP contribution in [0.2, 0.25) is 0 Å². The number of aromatic nitrogens is 2. The molecule has 1 aliphatic rings. The van der Waals surface area contributed by atoms with E-state index in [-0.39, 0.29) is 36.2 Å². The Balaban J connectivity index is 0.00000240. The van der Waals surface area contributed by atoms with Crippen molar-refractivity contribution in [3.8, 4) is 0 Å². The highest BCUT2D eigenvalue weighted by atomic mass is 35.5. The lowest BCUT2D eigenvalue weighted by Gasteiger charge is -2.19. The first-order valence-corrected chi connectivity index (χ1v) is 9.84. The van der Waals surface area contributed by atoms with Crippen molar-refractivity contribution < 1.29 is 13.2 Å². The van der Waals surface area contributed by atoms with Crippen molar-refractivity contribution in [1.82, 2.24) is 15.3 Å². The summed E-state index contributed by atoms with van der Waals surface area (Å²) in [4.78, 5) is 11.3. The molecule has 1 saturated heterocycles. The van der Waals surface area contributed by atoms with Gasteiger partial charge in [0.05, 0.1) is 5.56 Å². The molecule has 1 atom stereocenters. The van der Waals surface area contributed by atoms with Crippen molar-refractivity contribution in [1.29, 1.82) is 0 Å². The molecular formula is C20H29Cl2F3N6. The Hall–Kier alpha value is -1.97. The predicted octanol–water partition coefficient (Wildman–Crippen LogP) is 4.81. The molecule has 0 saturated carbocycles. The fraction of sp³-hybridized carbons (Fsp3) is 0.500. The van der Waals surface area contributed by atoms with Crippen LogP contribution in [-0.4, -0.2) is 36.1 Å². The second-order valence-electron chi connectivity index (χ2n) is 7.29. The highest BCUT2D eigenvalue weighted by Crippen LogP contribution is 2.35. The SMILES string of the molecule is CCCCc1cc(N2CC[C@H](NC)C2)nc(Nc2ccc(N)c(C(F)(F)F)c2)n1.Cl.Cl. The highest BCUT2D eigenvalue weighted by Gasteiger charge is 2.33. The first-order valence-electron chi connectivity index (χ1n) is 9.84. The van der Waals surface area contributed by atoms with E-state index in [9.17, 15) is 13.2 Å². The van der Waals surface area contributed by atoms with Crippen molar-refractivity contribution >= 4 is 48.0 Å². The van der Waals surface area contributed by atoms with E-state index in [1.807, 2.05) is 13.1 Å². The smallest absolute Gasteiger partial charge is 0.398 e. The van der Waals surface area contributed by atoms with Gasteiger partial charge in [0.25, 0.3) is 0 Å². The third-order valence-corrected chi connectivity index (χ3v) is 5.09. The molecule has 3 rings (SSSR count). The summed E-state index contributed by atoms with van der Waals surface area (Å²) in [5.41, 5.74) is 5.43. The molecule has 1 aromatic heterocycles. The second-order valence-corrected chi connectivity index (χ2v) is 7.29. The normalized spacial score (nSPS) is 15.9. The minimum atomic E-state index is -4.52. The summed E-state index contributed by atoms with van der Waals surface area (Å²) in [6, 6.07) is 6.10. The quantitative estimate of drug-likeness (QED) is 0.493. The summed E-state index contributed by atoms with van der Waals surface area (Å²) in [5, 5.41) is 6.20. The van der Waals surface area contributed by atoms with Crippen molar-refractivity contribution in [2.45, 2.75) is 44.8 Å². The van der Waals surface area contributed by atoms with Gasteiger partial charge in [-0.1, -0.05) is 13.3 Å². The van der Waals surface area contributed by atoms with Gasteiger partial charge in [0, 0.05) is 42.3 Å². The average molecular weight is 481 g/mol. The molecule has 6 nitrogen and oxygen atoms in total. The van der Waals surface area contributed by atoms with Crippen LogP contribution in [0.5, 0.6) is 0 Å². The lowest BCUT2D eigenvalue weighted by molar-refractivity contribution is -0.136. The molecule has 174 valence electrons. The highest BCUT2D eigenvalue weighted by molar-refractivity contribution is 5.85. The van der Waals surface area contributed by atoms with Gasteiger partial charge >= 0.3 is 6.18 Å². The van der Waals surface area contributed by atoms with Crippen molar-refractivity contribution in [2.75, 3.05) is 36.1 Å². The van der Waals surface area contributed by atoms with Gasteiger partial charge in [-0.05, 0) is 44.5 Å². The largest absolute Gasteiger partial charge is 0.418 e. The minimum absolute atomic E-state index is 0. The van der Waals surface area contributed by atoms with Crippen LogP contribution in [0.4, 0.5) is 36.3 Å². The third-order valence-electron chi connectivity index (χ3n) is 5.09. The number of nitrogens with one attached hydrogen (secondary N) is 2. The fourth-order valence-corrected chi connectivity index (χ4v) is 3.40. The minimum Gasteiger partial charge on any atom is -0.398 e. The maximum Gasteiger partial charge on any atom is 0.418 e. The topological polar surface area (TPSA) is 79.1 Å². The number of hydrogen-bond donors (Lipinski definition) is 3. The molecule has 1 fully saturated rings. The lowest BCUT2D eigenvalue weighted by atomic mass is 10.1. The summed E-state index contributed by atoms with van der Waals surface area (Å²) in [6.07, 6.45) is -0.704. The van der Waals surface area contributed by atoms with Crippen LogP contribution < -0.4 is 21.3 Å². The van der Waals surface area contributed by atoms with Gasteiger partial charge in [0.1, 0.15) is 5.82 Å². The van der Waals surface area contributed by atoms with Gasteiger partial charge in [-0.25, -0.2) is 4.98 Å². The third kappa shape index (κ3) is 7.02. The number of alkyl halides is 3. The molecule has 0 unspecified atom stereocenters. The predicted molar refractivity (Wildman–Crippen MR) is 124 cm³/mol. The molecule has 0 aliphatic carbocycles. The molecule has 0 bridgehead atoms. The van der Waals surface area contributed by atoms with E-state index in [1.165, 1.54) is 12.1 Å². The molecule has 0 spiro atoms. The Labute approximate surface area is 193 Å². The van der Waals surface area contributed by atoms with Crippen LogP contribution in [0.15, 0.2) is 24.3 Å². The van der Waals surface area contributed by atoms with E-state index in [0.29, 0.717) is 12.0 Å². The number of aryl methyl sites for hydroxylation is 1. The van der Waals surface area contributed by atoms with Crippen molar-refractivity contribution in [3.63, 3.8) is 0 Å². The summed E-state index contributed by atoms with van der Waals surface area (Å²) in [5.74, 6) is 1.08. The fourth-order valence-electron chi connectivity index (χ4n) is 3.40. The zero-order valence-electron chi connectivity index (χ0n) is 17.5. The maximum atomic E-state index is 13.2. The summed E-state index contributed by atoms with van der Waals surface area (Å²) in [7, 11) is 1.94. The molecule has 0 amide bonds. The van der Waals surface area contributed by atoms with Gasteiger partial charge in [0.15, 0.2) is 0 Å². The zero-order valence-corrected chi connectivity index (χ0v) is 19.1. The summed E-state index contributed by atoms with van der Waals surface area (Å²) >= 11 is 0. The zero-order chi connectivity index (χ0) is 21.0. The van der Waals surface area contributed by atoms with Crippen LogP contribution in [0.25, 0.3) is 0 Å². The van der Waals surface area contributed by atoms with Crippen LogP contribution in [0.1, 0.15) is 37.4 Å². The Morgan fingerprint density at radius 3 is 2.55 bits per heavy atom. The van der Waals surface area contributed by atoms with Gasteiger partial charge in [0.2, 0.25) is 5.95 Å². The lowest BCUT2D eigenvalue weighted by Crippen LogP contribution is -2.30. The van der Waals surface area contributed by atoms with E-state index in [4.69, 9.17) is 5.73 Å². The Morgan fingerprint density at radius 1 is 1.19 bits per heavy atom. The first kappa shape index (κ1) is 27.1. The number of nitrogens with zero attached hydrogens (tertiary/aromatic N) is 3. The number of likely N-dealkylation sites (N-methyl/N-ethyl adjacent to an activating group) is 1. The van der Waals surface area contributed by atoms with E-state index >= 15 is 0 Å². The number of nitrogens with two attached hydrogens (primary N) is 1. The van der Waals surface area contributed by atoms with Crippen LogP contribution in [0.3, 0.4) is 0 Å². The van der Waals surface area contributed by atoms with Crippen molar-refractivity contribution in [2.24, 2.45) is 0 Å². The number of hydrogen-bond acceptors (Lipinski definition) is 6. The monoisotopic (exact) mass is 480 g/mol. The van der Waals surface area contributed by atoms with Gasteiger partial charge < -0.3 is 21.3 Å². The average Bonchev–Trinajstić information content (AvgIpc) is 3.16. The Bertz CT molecular complexity index is 850. The standard InChI is InChI=1S/C20H27F3N6.2ClH/c1-3-4-5-13-11-18(29-9-8-15(12-29)25-2)28-19(26-13)27-14-6-7-17(24)16(10-14)20(21,22)23;;/h6-7,10-11,15,25H,3-5,8-9,12,24H2,1-2H3,(H,26,27,28);2*1H/t15-;;/m0../s1. The number of rotatable bonds is 7. The molecule has 1 aromatic carbocycles. The van der Waals surface area contributed by atoms with Crippen LogP contribution in [0, 0.1) is 0 Å². The van der Waals surface area contributed by atoms with E-state index in [1.54, 1.807) is 0 Å². The number of benzene rings is 1. The van der Waals surface area contributed by atoms with Crippen molar-refractivity contribution in [3.05, 3.63) is 35.5 Å². The van der Waals surface area contributed by atoms with Gasteiger partial charge in [-0.3, -0.25) is 0 Å². The Morgan fingerprint density at radius 2 is 1.94 bits per heavy atom. The molecule has 2 heterocycles. The van der Waals surface area contributed by atoms with Gasteiger partial charge in [-0.15, -0.1) is 24.8 Å². The molecule has 0 radical (unpaired) electrons. The number of anilines is 4. The Kier molecular flexibility index (Phi) is 10.1. The second kappa shape index (κ2) is 11.6. The van der Waals surface area contributed by atoms with Crippen LogP contribution >= 0.6 is 24.8 Å². The molecule has 1 aliphatic heterocycles. The number of halogens is 5. The number of unbranched alkanes of at least 4 members (excludes halogenated alkanes) is 1. The molecule has 2 aromatic rings.